The van der Waals surface area contributed by atoms with E-state index in [4.69, 9.17) is 0 Å². The predicted molar refractivity (Wildman–Crippen MR) is 122 cm³/mol. The Morgan fingerprint density at radius 1 is 1.21 bits per heavy atom. The number of hydrogen-bond acceptors (Lipinski definition) is 3. The number of aliphatic hydroxyl groups excluding tert-OH is 1. The van der Waals surface area contributed by atoms with Crippen molar-refractivity contribution in [1.82, 2.24) is 10.2 Å². The molecule has 2 fully saturated rings. The summed E-state index contributed by atoms with van der Waals surface area (Å²) in [6.07, 6.45) is 6.28. The number of halogens is 1. The van der Waals surface area contributed by atoms with Gasteiger partial charge in [0.15, 0.2) is 0 Å². The van der Waals surface area contributed by atoms with Gasteiger partial charge in [0.2, 0.25) is 5.91 Å². The van der Waals surface area contributed by atoms with E-state index in [1.165, 1.54) is 31.2 Å². The van der Waals surface area contributed by atoms with Crippen LogP contribution in [0.25, 0.3) is 0 Å². The fourth-order valence-corrected chi connectivity index (χ4v) is 5.50. The molecular formula is C24H37BrN2O2. The fraction of sp³-hybridized carbons (Fsp3) is 0.708. The Labute approximate surface area is 184 Å². The van der Waals surface area contributed by atoms with Crippen molar-refractivity contribution in [3.8, 4) is 0 Å². The number of alkyl halides is 1. The largest absolute Gasteiger partial charge is 0.391 e. The molecule has 29 heavy (non-hydrogen) atoms. The highest BCUT2D eigenvalue weighted by Gasteiger charge is 2.41. The van der Waals surface area contributed by atoms with Crippen molar-refractivity contribution < 1.29 is 9.90 Å². The molecule has 162 valence electrons. The molecule has 1 aromatic carbocycles. The fourth-order valence-electron chi connectivity index (χ4n) is 4.96. The minimum Gasteiger partial charge on any atom is -0.391 e. The first kappa shape index (κ1) is 22.8. The van der Waals surface area contributed by atoms with Gasteiger partial charge in [-0.3, -0.25) is 9.69 Å². The number of piperidine rings is 1. The lowest BCUT2D eigenvalue weighted by Gasteiger charge is -2.46. The minimum atomic E-state index is -0.514. The van der Waals surface area contributed by atoms with Crippen LogP contribution in [0.15, 0.2) is 30.3 Å². The second kappa shape index (κ2) is 9.93. The predicted octanol–water partition coefficient (Wildman–Crippen LogP) is 4.15. The Hall–Kier alpha value is -0.910. The number of nitrogens with one attached hydrogen (secondary N) is 1. The molecule has 0 spiro atoms. The summed E-state index contributed by atoms with van der Waals surface area (Å²) in [5, 5.41) is 14.1. The summed E-state index contributed by atoms with van der Waals surface area (Å²) in [5.41, 5.74) is 0.970. The lowest BCUT2D eigenvalue weighted by Crippen LogP contribution is -2.59. The van der Waals surface area contributed by atoms with Crippen molar-refractivity contribution in [3.05, 3.63) is 35.9 Å². The average Bonchev–Trinajstić information content (AvgIpc) is 2.66. The van der Waals surface area contributed by atoms with Crippen LogP contribution >= 0.6 is 15.9 Å². The molecule has 1 aliphatic carbocycles. The zero-order valence-corrected chi connectivity index (χ0v) is 19.7. The van der Waals surface area contributed by atoms with Crippen LogP contribution in [0.1, 0.15) is 58.4 Å². The number of carbonyl (C=O) groups is 1. The Balaban J connectivity index is 1.67. The number of amides is 1. The molecule has 2 aliphatic rings. The Kier molecular flexibility index (Phi) is 7.80. The summed E-state index contributed by atoms with van der Waals surface area (Å²) in [5.74, 6) is 1.43. The highest BCUT2D eigenvalue weighted by atomic mass is 79.9. The number of hydrogen-bond donors (Lipinski definition) is 2. The first-order valence-corrected chi connectivity index (χ1v) is 12.1. The smallest absolute Gasteiger partial charge is 0.237 e. The molecule has 1 heterocycles. The van der Waals surface area contributed by atoms with Crippen molar-refractivity contribution in [3.63, 3.8) is 0 Å². The lowest BCUT2D eigenvalue weighted by molar-refractivity contribution is -0.132. The van der Waals surface area contributed by atoms with Gasteiger partial charge in [-0.2, -0.15) is 0 Å². The second-order valence-corrected chi connectivity index (χ2v) is 11.2. The van der Waals surface area contributed by atoms with Crippen molar-refractivity contribution in [1.29, 1.82) is 0 Å². The van der Waals surface area contributed by atoms with E-state index in [2.05, 4.69) is 38.3 Å². The Morgan fingerprint density at radius 2 is 1.86 bits per heavy atom. The van der Waals surface area contributed by atoms with Crippen LogP contribution in [-0.4, -0.2) is 51.5 Å². The number of nitrogens with zero attached hydrogens (tertiary/aromatic N) is 1. The van der Waals surface area contributed by atoms with E-state index in [9.17, 15) is 9.90 Å². The van der Waals surface area contributed by atoms with Gasteiger partial charge in [-0.1, -0.05) is 65.5 Å². The molecule has 0 aromatic heterocycles. The van der Waals surface area contributed by atoms with E-state index in [-0.39, 0.29) is 22.3 Å². The highest BCUT2D eigenvalue weighted by Crippen LogP contribution is 2.39. The number of likely N-dealkylation sites (tertiary alicyclic amines) is 1. The second-order valence-electron chi connectivity index (χ2n) is 10.0. The van der Waals surface area contributed by atoms with Crippen LogP contribution in [-0.2, 0) is 11.2 Å². The molecule has 5 heteroatoms. The summed E-state index contributed by atoms with van der Waals surface area (Å²) in [4.78, 5) is 15.3. The molecule has 0 radical (unpaired) electrons. The number of carbonyl (C=O) groups excluding carboxylic acids is 1. The molecule has 0 bridgehead atoms. The monoisotopic (exact) mass is 464 g/mol. The van der Waals surface area contributed by atoms with Crippen molar-refractivity contribution in [2.24, 2.45) is 11.8 Å². The zero-order chi connectivity index (χ0) is 21.0. The maximum Gasteiger partial charge on any atom is 0.237 e. The maximum absolute atomic E-state index is 13.1. The van der Waals surface area contributed by atoms with E-state index in [0.717, 1.165) is 19.4 Å². The van der Waals surface area contributed by atoms with Crippen molar-refractivity contribution in [2.45, 2.75) is 81.8 Å². The lowest BCUT2D eigenvalue weighted by atomic mass is 9.72. The van der Waals surface area contributed by atoms with Gasteiger partial charge in [-0.15, -0.1) is 0 Å². The summed E-state index contributed by atoms with van der Waals surface area (Å²) >= 11 is 3.70. The first-order valence-electron chi connectivity index (χ1n) is 11.1. The number of aliphatic hydroxyl groups is 1. The third-order valence-electron chi connectivity index (χ3n) is 6.42. The van der Waals surface area contributed by atoms with Crippen LogP contribution in [0.2, 0.25) is 0 Å². The van der Waals surface area contributed by atoms with E-state index >= 15 is 0 Å². The summed E-state index contributed by atoms with van der Waals surface area (Å²) < 4.78 is 0. The van der Waals surface area contributed by atoms with Gasteiger partial charge in [-0.25, -0.2) is 0 Å². The van der Waals surface area contributed by atoms with Gasteiger partial charge in [0.25, 0.3) is 0 Å². The normalized spacial score (nSPS) is 27.7. The summed E-state index contributed by atoms with van der Waals surface area (Å²) in [6.45, 7) is 7.56. The van der Waals surface area contributed by atoms with Gasteiger partial charge in [-0.05, 0) is 57.4 Å². The number of fused-ring (bicyclic) bond motifs is 1. The quantitative estimate of drug-likeness (QED) is 0.621. The van der Waals surface area contributed by atoms with E-state index in [1.54, 1.807) is 0 Å². The topological polar surface area (TPSA) is 52.6 Å². The molecule has 1 aromatic rings. The van der Waals surface area contributed by atoms with Gasteiger partial charge in [0.05, 0.1) is 12.1 Å². The third-order valence-corrected chi connectivity index (χ3v) is 7.35. The van der Waals surface area contributed by atoms with Crippen LogP contribution in [0.4, 0.5) is 0 Å². The molecule has 1 amide bonds. The first-order chi connectivity index (χ1) is 13.7. The number of benzene rings is 1. The SMILES string of the molecule is CC(C)(C)NC(=O)[C@@H]1C[C@@H]2CCCC[C@@H]2CN1C[C@@H](O)[C@@H](Br)Cc1ccccc1. The molecule has 1 saturated carbocycles. The van der Waals surface area contributed by atoms with Crippen LogP contribution in [0.5, 0.6) is 0 Å². The van der Waals surface area contributed by atoms with Crippen LogP contribution in [0.3, 0.4) is 0 Å². The molecule has 5 atom stereocenters. The van der Waals surface area contributed by atoms with Crippen LogP contribution in [0, 0.1) is 11.8 Å². The van der Waals surface area contributed by atoms with Crippen molar-refractivity contribution in [2.75, 3.05) is 13.1 Å². The molecule has 3 rings (SSSR count). The number of rotatable bonds is 6. The molecule has 1 aliphatic heterocycles. The molecule has 4 nitrogen and oxygen atoms in total. The van der Waals surface area contributed by atoms with E-state index < -0.39 is 6.10 Å². The zero-order valence-electron chi connectivity index (χ0n) is 18.1. The number of β-amino-alcohol motifs (C(OH)–C–C–N with tert-alkyl or cyclic N) is 1. The highest BCUT2D eigenvalue weighted by molar-refractivity contribution is 9.09. The molecule has 1 saturated heterocycles. The molecule has 0 unspecified atom stereocenters. The van der Waals surface area contributed by atoms with E-state index in [1.807, 2.05) is 39.0 Å². The van der Waals surface area contributed by atoms with E-state index in [0.29, 0.717) is 18.4 Å². The van der Waals surface area contributed by atoms with Gasteiger partial charge < -0.3 is 10.4 Å². The summed E-state index contributed by atoms with van der Waals surface area (Å²) in [7, 11) is 0. The minimum absolute atomic E-state index is 0.0275. The Bertz CT molecular complexity index is 661. The Morgan fingerprint density at radius 3 is 2.52 bits per heavy atom. The van der Waals surface area contributed by atoms with Crippen LogP contribution < -0.4 is 5.32 Å². The molecular weight excluding hydrogens is 428 g/mol. The third kappa shape index (κ3) is 6.53. The standard InChI is InChI=1S/C24H37BrN2O2/c1-24(2,3)26-23(29)21-14-18-11-7-8-12-19(18)15-27(21)16-22(28)20(25)13-17-9-5-4-6-10-17/h4-6,9-10,18-22,28H,7-8,11-16H2,1-3H3,(H,26,29)/t18-,19+,20-,21-,22+/m0/s1. The maximum atomic E-state index is 13.1. The van der Waals surface area contributed by atoms with Crippen molar-refractivity contribution >= 4 is 21.8 Å². The van der Waals surface area contributed by atoms with Gasteiger partial charge >= 0.3 is 0 Å². The average molecular weight is 465 g/mol. The summed E-state index contributed by atoms with van der Waals surface area (Å²) in [6, 6.07) is 10.1. The van der Waals surface area contributed by atoms with Gasteiger partial charge in [0, 0.05) is 23.5 Å². The van der Waals surface area contributed by atoms with Gasteiger partial charge in [0.1, 0.15) is 0 Å². The molecule has 2 N–H and O–H groups in total.